The summed E-state index contributed by atoms with van der Waals surface area (Å²) in [5.41, 5.74) is 3.99. The normalized spacial score (nSPS) is 15.4. The van der Waals surface area contributed by atoms with Gasteiger partial charge in [0.05, 0.1) is 6.42 Å². The quantitative estimate of drug-likeness (QED) is 0.789. The van der Waals surface area contributed by atoms with Gasteiger partial charge in [0.15, 0.2) is 11.6 Å². The Kier molecular flexibility index (Phi) is 4.77. The number of hydrogen-bond donors (Lipinski definition) is 1. The third-order valence-electron chi connectivity index (χ3n) is 4.28. The van der Waals surface area contributed by atoms with Crippen molar-refractivity contribution >= 4 is 33.8 Å². The molecule has 5 heteroatoms. The van der Waals surface area contributed by atoms with E-state index in [0.717, 1.165) is 33.7 Å². The zero-order valence-corrected chi connectivity index (χ0v) is 14.6. The van der Waals surface area contributed by atoms with E-state index in [4.69, 9.17) is 0 Å². The first kappa shape index (κ1) is 17.4. The van der Waals surface area contributed by atoms with E-state index in [9.17, 15) is 18.7 Å². The molecule has 0 aliphatic heterocycles. The lowest BCUT2D eigenvalue weighted by molar-refractivity contribution is -0.135. The summed E-state index contributed by atoms with van der Waals surface area (Å²) in [7, 11) is 0. The summed E-state index contributed by atoms with van der Waals surface area (Å²) in [6.07, 6.45) is 1.68. The molecule has 25 heavy (non-hydrogen) atoms. The maximum atomic E-state index is 13.9. The highest BCUT2D eigenvalue weighted by Gasteiger charge is 2.29. The minimum Gasteiger partial charge on any atom is -0.481 e. The fraction of sp³-hybridized carbons (Fsp3) is 0.150. The van der Waals surface area contributed by atoms with Gasteiger partial charge in [-0.25, -0.2) is 8.78 Å². The summed E-state index contributed by atoms with van der Waals surface area (Å²) in [5.74, 6) is -2.91. The van der Waals surface area contributed by atoms with E-state index in [1.807, 2.05) is 43.5 Å². The number of fused-ring (bicyclic) bond motifs is 1. The number of carboxylic acids is 1. The number of rotatable bonds is 4. The van der Waals surface area contributed by atoms with E-state index >= 15 is 0 Å². The van der Waals surface area contributed by atoms with Crippen LogP contribution in [0.1, 0.15) is 30.0 Å². The van der Waals surface area contributed by atoms with Gasteiger partial charge in [-0.15, -0.1) is 11.8 Å². The van der Waals surface area contributed by atoms with Gasteiger partial charge in [0, 0.05) is 4.91 Å². The van der Waals surface area contributed by atoms with Gasteiger partial charge in [-0.05, 0) is 58.7 Å². The largest absolute Gasteiger partial charge is 0.481 e. The Hall–Kier alpha value is -2.40. The van der Waals surface area contributed by atoms with Crippen molar-refractivity contribution in [1.82, 2.24) is 0 Å². The highest BCUT2D eigenvalue weighted by Crippen LogP contribution is 2.48. The van der Waals surface area contributed by atoms with Crippen molar-refractivity contribution in [3.63, 3.8) is 0 Å². The molecular formula is C20H16F2O2S. The Morgan fingerprint density at radius 3 is 2.24 bits per heavy atom. The molecule has 2 aromatic carbocycles. The Labute approximate surface area is 148 Å². The van der Waals surface area contributed by atoms with Gasteiger partial charge in [0.1, 0.15) is 0 Å². The lowest BCUT2D eigenvalue weighted by atomic mass is 10.00. The van der Waals surface area contributed by atoms with Gasteiger partial charge < -0.3 is 5.11 Å². The molecule has 128 valence electrons. The predicted molar refractivity (Wildman–Crippen MR) is 98.0 cm³/mol. The van der Waals surface area contributed by atoms with Crippen LogP contribution in [0.2, 0.25) is 0 Å². The average molecular weight is 358 g/mol. The van der Waals surface area contributed by atoms with E-state index < -0.39 is 17.6 Å². The number of hydrogen-bond acceptors (Lipinski definition) is 2. The van der Waals surface area contributed by atoms with Crippen LogP contribution in [0.15, 0.2) is 48.0 Å². The molecule has 0 saturated carbocycles. The van der Waals surface area contributed by atoms with E-state index in [1.165, 1.54) is 11.8 Å². The highest BCUT2D eigenvalue weighted by molar-refractivity contribution is 8.08. The molecule has 1 aliphatic rings. The van der Waals surface area contributed by atoms with E-state index in [-0.39, 0.29) is 6.42 Å². The van der Waals surface area contributed by atoms with Crippen molar-refractivity contribution in [3.8, 4) is 0 Å². The molecule has 0 spiro atoms. The molecule has 0 aromatic heterocycles. The van der Waals surface area contributed by atoms with Crippen molar-refractivity contribution in [2.75, 3.05) is 6.26 Å². The van der Waals surface area contributed by atoms with Gasteiger partial charge in [-0.2, -0.15) is 0 Å². The maximum absolute atomic E-state index is 13.9. The molecular weight excluding hydrogens is 342 g/mol. The smallest absolute Gasteiger partial charge is 0.307 e. The van der Waals surface area contributed by atoms with Gasteiger partial charge in [0.25, 0.3) is 0 Å². The Balaban J connectivity index is 2.33. The molecule has 2 aromatic rings. The molecule has 1 aliphatic carbocycles. The van der Waals surface area contributed by atoms with E-state index in [1.54, 1.807) is 0 Å². The highest BCUT2D eigenvalue weighted by atomic mass is 32.2. The summed E-state index contributed by atoms with van der Waals surface area (Å²) >= 11 is 1.50. The second-order valence-corrected chi connectivity index (χ2v) is 6.58. The van der Waals surface area contributed by atoms with Crippen molar-refractivity contribution < 1.29 is 18.7 Å². The molecule has 0 heterocycles. The second-order valence-electron chi connectivity index (χ2n) is 5.76. The minimum absolute atomic E-state index is 0.232. The number of aliphatic carboxylic acids is 1. The maximum Gasteiger partial charge on any atom is 0.307 e. The monoisotopic (exact) mass is 358 g/mol. The fourth-order valence-electron chi connectivity index (χ4n) is 3.18. The lowest BCUT2D eigenvalue weighted by Gasteiger charge is -2.12. The van der Waals surface area contributed by atoms with Crippen LogP contribution >= 0.6 is 11.8 Å². The molecule has 1 N–H and O–H groups in total. The molecule has 0 bridgehead atoms. The van der Waals surface area contributed by atoms with E-state index in [0.29, 0.717) is 16.7 Å². The third-order valence-corrected chi connectivity index (χ3v) is 5.13. The average Bonchev–Trinajstić information content (AvgIpc) is 2.82. The first-order valence-corrected chi connectivity index (χ1v) is 8.92. The van der Waals surface area contributed by atoms with Crippen LogP contribution in [-0.4, -0.2) is 17.3 Å². The molecule has 0 fully saturated rings. The standard InChI is InChI=1S/C20H16F2O2S/c1-11-13(10-18(23)24)14-8-16(21)17(22)9-15(14)19(11)20(25-2)12-6-4-3-5-7-12/h3-9H,10H2,1-2H3,(H,23,24). The van der Waals surface area contributed by atoms with Crippen molar-refractivity contribution in [2.24, 2.45) is 0 Å². The zero-order valence-electron chi connectivity index (χ0n) is 13.8. The summed E-state index contributed by atoms with van der Waals surface area (Å²) in [5, 5.41) is 9.22. The number of halogens is 2. The van der Waals surface area contributed by atoms with Gasteiger partial charge in [-0.1, -0.05) is 30.3 Å². The number of thioether (sulfide) groups is 1. The first-order chi connectivity index (χ1) is 11.9. The Bertz CT molecular complexity index is 915. The third kappa shape index (κ3) is 3.12. The van der Waals surface area contributed by atoms with Crippen LogP contribution < -0.4 is 0 Å². The van der Waals surface area contributed by atoms with E-state index in [2.05, 4.69) is 0 Å². The SMILES string of the molecule is CSC(=C1C(C)=C(CC(=O)O)c2cc(F)c(F)cc21)c1ccccc1. The molecule has 0 saturated heterocycles. The van der Waals surface area contributed by atoms with Crippen LogP contribution in [-0.2, 0) is 4.79 Å². The first-order valence-electron chi connectivity index (χ1n) is 7.69. The number of allylic oxidation sites excluding steroid dienone is 2. The zero-order chi connectivity index (χ0) is 18.1. The van der Waals surface area contributed by atoms with Gasteiger partial charge in [0.2, 0.25) is 0 Å². The van der Waals surface area contributed by atoms with Crippen LogP contribution in [0.25, 0.3) is 16.1 Å². The van der Waals surface area contributed by atoms with Gasteiger partial charge in [-0.3, -0.25) is 4.79 Å². The van der Waals surface area contributed by atoms with Crippen molar-refractivity contribution in [3.05, 3.63) is 76.4 Å². The lowest BCUT2D eigenvalue weighted by Crippen LogP contribution is -1.98. The Morgan fingerprint density at radius 1 is 1.08 bits per heavy atom. The Morgan fingerprint density at radius 2 is 1.68 bits per heavy atom. The number of benzene rings is 2. The van der Waals surface area contributed by atoms with Gasteiger partial charge >= 0.3 is 5.97 Å². The van der Waals surface area contributed by atoms with Crippen LogP contribution in [0, 0.1) is 11.6 Å². The van der Waals surface area contributed by atoms with Crippen molar-refractivity contribution in [2.45, 2.75) is 13.3 Å². The fourth-order valence-corrected chi connectivity index (χ4v) is 4.02. The summed E-state index contributed by atoms with van der Waals surface area (Å²) in [6, 6.07) is 11.9. The molecule has 3 rings (SSSR count). The predicted octanol–water partition coefficient (Wildman–Crippen LogP) is 5.46. The topological polar surface area (TPSA) is 37.3 Å². The van der Waals surface area contributed by atoms with Crippen LogP contribution in [0.4, 0.5) is 8.78 Å². The molecule has 0 radical (unpaired) electrons. The summed E-state index contributed by atoms with van der Waals surface area (Å²) in [6.45, 7) is 1.81. The van der Waals surface area contributed by atoms with Crippen LogP contribution in [0.3, 0.4) is 0 Å². The summed E-state index contributed by atoms with van der Waals surface area (Å²) < 4.78 is 27.7. The van der Waals surface area contributed by atoms with Crippen LogP contribution in [0.5, 0.6) is 0 Å². The minimum atomic E-state index is -1.00. The molecule has 0 unspecified atom stereocenters. The molecule has 0 atom stereocenters. The second kappa shape index (κ2) is 6.84. The number of carboxylic acid groups (broad SMARTS) is 1. The molecule has 2 nitrogen and oxygen atoms in total. The molecule has 0 amide bonds. The number of carbonyl (C=O) groups is 1. The van der Waals surface area contributed by atoms with Crippen molar-refractivity contribution in [1.29, 1.82) is 0 Å². The summed E-state index contributed by atoms with van der Waals surface area (Å²) in [4.78, 5) is 12.2.